The zero-order valence-electron chi connectivity index (χ0n) is 19.1. The minimum absolute atomic E-state index is 0. The van der Waals surface area contributed by atoms with Crippen LogP contribution in [0.25, 0.3) is 0 Å². The molecule has 3 atom stereocenters. The first-order valence-corrected chi connectivity index (χ1v) is 11.2. The predicted octanol–water partition coefficient (Wildman–Crippen LogP) is 5.66. The maximum atomic E-state index is 13.7. The van der Waals surface area contributed by atoms with E-state index in [1.165, 1.54) is 38.0 Å². The average molecular weight is 487 g/mol. The fraction of sp³-hybridized carbons (Fsp3) is 0.560. The molecule has 0 spiro atoms. The highest BCUT2D eigenvalue weighted by molar-refractivity contribution is 5.85. The summed E-state index contributed by atoms with van der Waals surface area (Å²) in [5.41, 5.74) is 3.64. The molecular weight excluding hydrogens is 450 g/mol. The molecule has 2 aromatic rings. The molecule has 0 unspecified atom stereocenters. The van der Waals surface area contributed by atoms with Crippen LogP contribution in [0.1, 0.15) is 67.7 Å². The predicted molar refractivity (Wildman–Crippen MR) is 133 cm³/mol. The molecule has 180 valence electrons. The van der Waals surface area contributed by atoms with Crippen molar-refractivity contribution in [3.63, 3.8) is 0 Å². The number of pyridine rings is 1. The van der Waals surface area contributed by atoms with Crippen LogP contribution in [0.2, 0.25) is 0 Å². The van der Waals surface area contributed by atoms with E-state index in [-0.39, 0.29) is 37.2 Å². The Morgan fingerprint density at radius 1 is 1.19 bits per heavy atom. The van der Waals surface area contributed by atoms with Crippen LogP contribution in [0.4, 0.5) is 4.39 Å². The second-order valence-electron chi connectivity index (χ2n) is 8.57. The van der Waals surface area contributed by atoms with Crippen molar-refractivity contribution in [2.75, 3.05) is 26.8 Å². The van der Waals surface area contributed by atoms with E-state index in [1.54, 1.807) is 0 Å². The Morgan fingerprint density at radius 3 is 2.69 bits per heavy atom. The molecule has 0 saturated heterocycles. The van der Waals surface area contributed by atoms with Gasteiger partial charge in [-0.05, 0) is 92.1 Å². The standard InChI is InChI=1S/C25H35FN2O2.2ClH/c1-18(20-8-10-24(26)25(16-20)30-2)14-19-5-6-21(15-19)22-7-9-23(28-17-22)4-3-11-27-12-13-29;;/h7-10,16-19,21,27,29H,3-6,11-15H2,1-2H3;2*1H/t18-,19+,21+;;/m0../s1. The normalized spacial score (nSPS) is 18.5. The largest absolute Gasteiger partial charge is 0.494 e. The number of nitrogens with one attached hydrogen (secondary N) is 1. The number of hydrogen-bond acceptors (Lipinski definition) is 4. The quantitative estimate of drug-likeness (QED) is 0.402. The van der Waals surface area contributed by atoms with Crippen LogP contribution in [-0.2, 0) is 6.42 Å². The summed E-state index contributed by atoms with van der Waals surface area (Å²) in [5.74, 6) is 1.71. The molecular formula is C25H37Cl2FN2O2. The van der Waals surface area contributed by atoms with Gasteiger partial charge in [0.1, 0.15) is 0 Å². The van der Waals surface area contributed by atoms with E-state index in [0.717, 1.165) is 37.1 Å². The minimum Gasteiger partial charge on any atom is -0.494 e. The molecule has 0 amide bonds. The van der Waals surface area contributed by atoms with Gasteiger partial charge in [-0.25, -0.2) is 4.39 Å². The lowest BCUT2D eigenvalue weighted by Crippen LogP contribution is -2.19. The number of aryl methyl sites for hydroxylation is 1. The maximum Gasteiger partial charge on any atom is 0.165 e. The summed E-state index contributed by atoms with van der Waals surface area (Å²) in [4.78, 5) is 4.68. The zero-order chi connectivity index (χ0) is 21.3. The summed E-state index contributed by atoms with van der Waals surface area (Å²) in [5, 5.41) is 12.0. The molecule has 1 fully saturated rings. The number of benzene rings is 1. The Kier molecular flexibility index (Phi) is 13.1. The van der Waals surface area contributed by atoms with E-state index in [1.807, 2.05) is 12.1 Å². The highest BCUT2D eigenvalue weighted by Crippen LogP contribution is 2.42. The molecule has 1 aromatic carbocycles. The zero-order valence-corrected chi connectivity index (χ0v) is 20.7. The molecule has 1 aliphatic rings. The third kappa shape index (κ3) is 8.18. The van der Waals surface area contributed by atoms with Gasteiger partial charge in [0.2, 0.25) is 0 Å². The minimum atomic E-state index is -0.299. The van der Waals surface area contributed by atoms with E-state index < -0.39 is 0 Å². The van der Waals surface area contributed by atoms with Gasteiger partial charge in [-0.15, -0.1) is 24.8 Å². The van der Waals surface area contributed by atoms with Crippen LogP contribution < -0.4 is 10.1 Å². The number of ether oxygens (including phenoxy) is 1. The van der Waals surface area contributed by atoms with Gasteiger partial charge in [0, 0.05) is 18.4 Å². The molecule has 1 saturated carbocycles. The van der Waals surface area contributed by atoms with E-state index in [9.17, 15) is 4.39 Å². The molecule has 1 aromatic heterocycles. The van der Waals surface area contributed by atoms with Crippen molar-refractivity contribution in [1.82, 2.24) is 10.3 Å². The molecule has 3 rings (SSSR count). The fourth-order valence-electron chi connectivity index (χ4n) is 4.63. The number of aliphatic hydroxyl groups is 1. The van der Waals surface area contributed by atoms with Gasteiger partial charge < -0.3 is 15.2 Å². The van der Waals surface area contributed by atoms with Crippen LogP contribution in [0.15, 0.2) is 36.5 Å². The highest BCUT2D eigenvalue weighted by Gasteiger charge is 2.27. The number of aromatic nitrogens is 1. The SMILES string of the molecule is COc1cc([C@@H](C)C[C@H]2CC[C@@H](c3ccc(CCCNCCO)nc3)C2)ccc1F.Cl.Cl. The summed E-state index contributed by atoms with van der Waals surface area (Å²) < 4.78 is 18.8. The number of hydrogen-bond donors (Lipinski definition) is 2. The Hall–Kier alpha value is -1.40. The molecule has 32 heavy (non-hydrogen) atoms. The van der Waals surface area contributed by atoms with Gasteiger partial charge >= 0.3 is 0 Å². The van der Waals surface area contributed by atoms with Crippen molar-refractivity contribution in [2.24, 2.45) is 5.92 Å². The Labute approximate surface area is 204 Å². The van der Waals surface area contributed by atoms with Gasteiger partial charge in [0.15, 0.2) is 11.6 Å². The first kappa shape index (κ1) is 28.6. The monoisotopic (exact) mass is 486 g/mol. The van der Waals surface area contributed by atoms with Gasteiger partial charge in [0.05, 0.1) is 13.7 Å². The maximum absolute atomic E-state index is 13.7. The fourth-order valence-corrected chi connectivity index (χ4v) is 4.63. The van der Waals surface area contributed by atoms with E-state index in [4.69, 9.17) is 9.84 Å². The summed E-state index contributed by atoms with van der Waals surface area (Å²) in [6.45, 7) is 3.98. The molecule has 7 heteroatoms. The summed E-state index contributed by atoms with van der Waals surface area (Å²) in [6.07, 6.45) is 8.85. The lowest BCUT2D eigenvalue weighted by atomic mass is 9.88. The summed E-state index contributed by atoms with van der Waals surface area (Å²) >= 11 is 0. The van der Waals surface area contributed by atoms with Crippen LogP contribution in [0.5, 0.6) is 5.75 Å². The van der Waals surface area contributed by atoms with Crippen LogP contribution in [-0.4, -0.2) is 36.9 Å². The number of methoxy groups -OCH3 is 1. The van der Waals surface area contributed by atoms with Gasteiger partial charge in [-0.2, -0.15) is 0 Å². The van der Waals surface area contributed by atoms with Crippen molar-refractivity contribution >= 4 is 24.8 Å². The topological polar surface area (TPSA) is 54.4 Å². The molecule has 0 bridgehead atoms. The Morgan fingerprint density at radius 2 is 2.00 bits per heavy atom. The van der Waals surface area contributed by atoms with Crippen LogP contribution in [0.3, 0.4) is 0 Å². The van der Waals surface area contributed by atoms with E-state index in [2.05, 4.69) is 35.6 Å². The number of nitrogens with zero attached hydrogens (tertiary/aromatic N) is 1. The smallest absolute Gasteiger partial charge is 0.165 e. The Balaban J connectivity index is 0.00000256. The first-order valence-electron chi connectivity index (χ1n) is 11.2. The molecule has 4 nitrogen and oxygen atoms in total. The molecule has 2 N–H and O–H groups in total. The lowest BCUT2D eigenvalue weighted by Gasteiger charge is -2.18. The van der Waals surface area contributed by atoms with E-state index in [0.29, 0.717) is 30.0 Å². The second kappa shape index (κ2) is 14.7. The molecule has 1 heterocycles. The number of aliphatic hydroxyl groups excluding tert-OH is 1. The number of halogens is 3. The Bertz CT molecular complexity index is 792. The van der Waals surface area contributed by atoms with Crippen molar-refractivity contribution in [3.8, 4) is 5.75 Å². The van der Waals surface area contributed by atoms with Gasteiger partial charge in [0.25, 0.3) is 0 Å². The first-order chi connectivity index (χ1) is 14.6. The van der Waals surface area contributed by atoms with Crippen LogP contribution in [0, 0.1) is 11.7 Å². The van der Waals surface area contributed by atoms with Crippen molar-refractivity contribution in [1.29, 1.82) is 0 Å². The third-order valence-electron chi connectivity index (χ3n) is 6.37. The van der Waals surface area contributed by atoms with Crippen LogP contribution >= 0.6 is 24.8 Å². The molecule has 0 radical (unpaired) electrons. The molecule has 0 aliphatic heterocycles. The third-order valence-corrected chi connectivity index (χ3v) is 6.37. The number of rotatable bonds is 11. The summed E-state index contributed by atoms with van der Waals surface area (Å²) in [6, 6.07) is 9.66. The molecule has 1 aliphatic carbocycles. The van der Waals surface area contributed by atoms with Gasteiger partial charge in [-0.1, -0.05) is 19.1 Å². The van der Waals surface area contributed by atoms with Crippen molar-refractivity contribution in [2.45, 2.75) is 57.3 Å². The average Bonchev–Trinajstić information content (AvgIpc) is 3.22. The second-order valence-corrected chi connectivity index (χ2v) is 8.57. The van der Waals surface area contributed by atoms with Crippen molar-refractivity contribution in [3.05, 3.63) is 59.2 Å². The van der Waals surface area contributed by atoms with Gasteiger partial charge in [-0.3, -0.25) is 4.98 Å². The lowest BCUT2D eigenvalue weighted by molar-refractivity contribution is 0.292. The van der Waals surface area contributed by atoms with E-state index >= 15 is 0 Å². The summed E-state index contributed by atoms with van der Waals surface area (Å²) in [7, 11) is 1.52. The highest BCUT2D eigenvalue weighted by atomic mass is 35.5. The van der Waals surface area contributed by atoms with Crippen molar-refractivity contribution < 1.29 is 14.2 Å².